The van der Waals surface area contributed by atoms with E-state index in [0.29, 0.717) is 12.0 Å². The summed E-state index contributed by atoms with van der Waals surface area (Å²) in [6.07, 6.45) is 7.38. The SMILES string of the molecule is CCCc1ccc(CC(C)=Nc2cccc3c2/C(=C/Cc2[nH]ccc2OC)C(=O)N3)cc1. The number of hydrogen-bond acceptors (Lipinski definition) is 3. The normalized spacial score (nSPS) is 14.5. The summed E-state index contributed by atoms with van der Waals surface area (Å²) in [4.78, 5) is 20.8. The molecule has 2 N–H and O–H groups in total. The number of aromatic nitrogens is 1. The molecule has 0 saturated heterocycles. The number of amides is 1. The van der Waals surface area contributed by atoms with Gasteiger partial charge in [-0.15, -0.1) is 0 Å². The number of benzene rings is 2. The van der Waals surface area contributed by atoms with Gasteiger partial charge in [-0.3, -0.25) is 9.79 Å². The summed E-state index contributed by atoms with van der Waals surface area (Å²) >= 11 is 0. The highest BCUT2D eigenvalue weighted by molar-refractivity contribution is 6.33. The number of aryl methyl sites for hydroxylation is 1. The summed E-state index contributed by atoms with van der Waals surface area (Å²) in [5, 5.41) is 2.97. The van der Waals surface area contributed by atoms with Gasteiger partial charge in [0.1, 0.15) is 5.75 Å². The Bertz CT molecular complexity index is 1170. The molecule has 5 heteroatoms. The van der Waals surface area contributed by atoms with Crippen LogP contribution in [0.1, 0.15) is 42.7 Å². The molecule has 0 unspecified atom stereocenters. The Kier molecular flexibility index (Phi) is 6.55. The van der Waals surface area contributed by atoms with E-state index < -0.39 is 0 Å². The van der Waals surface area contributed by atoms with Crippen LogP contribution in [-0.2, 0) is 24.1 Å². The summed E-state index contributed by atoms with van der Waals surface area (Å²) in [5.74, 6) is 0.685. The number of anilines is 1. The third kappa shape index (κ3) is 4.67. The molecule has 1 amide bonds. The molecule has 32 heavy (non-hydrogen) atoms. The minimum absolute atomic E-state index is 0.0997. The number of carbonyl (C=O) groups excluding carboxylic acids is 1. The van der Waals surface area contributed by atoms with E-state index in [9.17, 15) is 4.79 Å². The van der Waals surface area contributed by atoms with Crippen molar-refractivity contribution in [1.29, 1.82) is 0 Å². The standard InChI is InChI=1S/C27H29N3O2/c1-4-6-19-9-11-20(12-10-19)17-18(2)29-23-7-5-8-24-26(23)21(27(31)30-24)13-14-22-25(32-3)15-16-28-22/h5,7-13,15-16,28H,4,6,14,17H2,1-3H3,(H,30,31)/b21-13-,29-18?. The van der Waals surface area contributed by atoms with E-state index in [1.165, 1.54) is 11.1 Å². The lowest BCUT2D eigenvalue weighted by Crippen LogP contribution is -2.04. The first-order valence-corrected chi connectivity index (χ1v) is 11.1. The molecule has 0 saturated carbocycles. The monoisotopic (exact) mass is 427 g/mol. The fraction of sp³-hybridized carbons (Fsp3) is 0.259. The van der Waals surface area contributed by atoms with E-state index in [4.69, 9.17) is 9.73 Å². The molecule has 4 rings (SSSR count). The highest BCUT2D eigenvalue weighted by atomic mass is 16.5. The molecule has 2 aromatic carbocycles. The highest BCUT2D eigenvalue weighted by Gasteiger charge is 2.26. The maximum Gasteiger partial charge on any atom is 0.256 e. The molecule has 2 heterocycles. The van der Waals surface area contributed by atoms with Crippen LogP contribution in [0, 0.1) is 0 Å². The number of aromatic amines is 1. The number of H-pyrrole nitrogens is 1. The van der Waals surface area contributed by atoms with E-state index in [2.05, 4.69) is 41.5 Å². The molecule has 0 fully saturated rings. The van der Waals surface area contributed by atoms with Crippen LogP contribution in [0.2, 0.25) is 0 Å². The van der Waals surface area contributed by atoms with Gasteiger partial charge >= 0.3 is 0 Å². The predicted molar refractivity (Wildman–Crippen MR) is 131 cm³/mol. The molecule has 5 nitrogen and oxygen atoms in total. The Morgan fingerprint density at radius 3 is 2.62 bits per heavy atom. The topological polar surface area (TPSA) is 66.5 Å². The number of nitrogens with zero attached hydrogens (tertiary/aromatic N) is 1. The number of aliphatic imine (C=N–C) groups is 1. The quantitative estimate of drug-likeness (QED) is 0.348. The summed E-state index contributed by atoms with van der Waals surface area (Å²) in [5.41, 5.74) is 7.67. The minimum Gasteiger partial charge on any atom is -0.495 e. The lowest BCUT2D eigenvalue weighted by atomic mass is 10.0. The molecule has 0 spiro atoms. The fourth-order valence-corrected chi connectivity index (χ4v) is 4.12. The Labute approximate surface area is 189 Å². The fourth-order valence-electron chi connectivity index (χ4n) is 4.12. The molecule has 0 bridgehead atoms. The summed E-state index contributed by atoms with van der Waals surface area (Å²) in [7, 11) is 1.64. The first-order valence-electron chi connectivity index (χ1n) is 11.1. The molecule has 3 aromatic rings. The first kappa shape index (κ1) is 21.6. The van der Waals surface area contributed by atoms with Crippen LogP contribution in [0.15, 0.2) is 65.8 Å². The number of carbonyl (C=O) groups is 1. The van der Waals surface area contributed by atoms with Crippen LogP contribution < -0.4 is 10.1 Å². The van der Waals surface area contributed by atoms with Crippen molar-refractivity contribution in [2.45, 2.75) is 39.5 Å². The van der Waals surface area contributed by atoms with Crippen molar-refractivity contribution in [2.24, 2.45) is 4.99 Å². The number of fused-ring (bicyclic) bond motifs is 1. The van der Waals surface area contributed by atoms with Crippen molar-refractivity contribution in [1.82, 2.24) is 4.98 Å². The molecule has 1 aliphatic rings. The van der Waals surface area contributed by atoms with Crippen LogP contribution in [0.3, 0.4) is 0 Å². The molecular weight excluding hydrogens is 398 g/mol. The van der Waals surface area contributed by atoms with Crippen molar-refractivity contribution in [2.75, 3.05) is 12.4 Å². The molecule has 0 atom stereocenters. The van der Waals surface area contributed by atoms with Gasteiger partial charge in [-0.1, -0.05) is 49.8 Å². The lowest BCUT2D eigenvalue weighted by Gasteiger charge is -2.07. The maximum absolute atomic E-state index is 12.7. The van der Waals surface area contributed by atoms with Gasteiger partial charge < -0.3 is 15.0 Å². The second-order valence-electron chi connectivity index (χ2n) is 8.09. The average molecular weight is 428 g/mol. The zero-order valence-electron chi connectivity index (χ0n) is 18.9. The largest absolute Gasteiger partial charge is 0.495 e. The summed E-state index contributed by atoms with van der Waals surface area (Å²) < 4.78 is 5.37. The molecule has 0 radical (unpaired) electrons. The van der Waals surface area contributed by atoms with E-state index in [1.807, 2.05) is 43.5 Å². The van der Waals surface area contributed by atoms with E-state index in [0.717, 1.165) is 53.4 Å². The van der Waals surface area contributed by atoms with Gasteiger partial charge in [0.2, 0.25) is 0 Å². The average Bonchev–Trinajstić information content (AvgIpc) is 3.37. The molecule has 0 aliphatic carbocycles. The van der Waals surface area contributed by atoms with Crippen LogP contribution in [0.25, 0.3) is 5.57 Å². The van der Waals surface area contributed by atoms with Crippen LogP contribution in [0.5, 0.6) is 5.75 Å². The highest BCUT2D eigenvalue weighted by Crippen LogP contribution is 2.39. The van der Waals surface area contributed by atoms with Crippen molar-refractivity contribution < 1.29 is 9.53 Å². The zero-order chi connectivity index (χ0) is 22.5. The van der Waals surface area contributed by atoms with Gasteiger partial charge in [0, 0.05) is 35.9 Å². The molecule has 164 valence electrons. The third-order valence-corrected chi connectivity index (χ3v) is 5.66. The number of allylic oxidation sites excluding steroid dienone is 1. The third-order valence-electron chi connectivity index (χ3n) is 5.66. The van der Waals surface area contributed by atoms with Gasteiger partial charge in [-0.25, -0.2) is 0 Å². The first-order chi connectivity index (χ1) is 15.6. The van der Waals surface area contributed by atoms with Gasteiger partial charge in [-0.05, 0) is 42.7 Å². The van der Waals surface area contributed by atoms with E-state index in [-0.39, 0.29) is 5.91 Å². The molecular formula is C27H29N3O2. The number of ether oxygens (including phenoxy) is 1. The Morgan fingerprint density at radius 2 is 1.88 bits per heavy atom. The lowest BCUT2D eigenvalue weighted by molar-refractivity contribution is -0.110. The van der Waals surface area contributed by atoms with E-state index in [1.54, 1.807) is 7.11 Å². The van der Waals surface area contributed by atoms with Crippen LogP contribution in [0.4, 0.5) is 11.4 Å². The second kappa shape index (κ2) is 9.69. The molecule has 1 aromatic heterocycles. The van der Waals surface area contributed by atoms with Crippen LogP contribution >= 0.6 is 0 Å². The van der Waals surface area contributed by atoms with Crippen LogP contribution in [-0.4, -0.2) is 23.7 Å². The Morgan fingerprint density at radius 1 is 1.09 bits per heavy atom. The second-order valence-corrected chi connectivity index (χ2v) is 8.09. The predicted octanol–water partition coefficient (Wildman–Crippen LogP) is 5.89. The Hall–Kier alpha value is -3.60. The van der Waals surface area contributed by atoms with Gasteiger partial charge in [0.15, 0.2) is 0 Å². The van der Waals surface area contributed by atoms with Crippen molar-refractivity contribution in [3.05, 3.63) is 83.2 Å². The van der Waals surface area contributed by atoms with Gasteiger partial charge in [0.25, 0.3) is 5.91 Å². The Balaban J connectivity index is 1.59. The number of methoxy groups -OCH3 is 1. The van der Waals surface area contributed by atoms with Crippen molar-refractivity contribution >= 4 is 28.6 Å². The maximum atomic E-state index is 12.7. The number of hydrogen-bond donors (Lipinski definition) is 2. The number of rotatable bonds is 8. The summed E-state index contributed by atoms with van der Waals surface area (Å²) in [6, 6.07) is 16.5. The zero-order valence-corrected chi connectivity index (χ0v) is 18.9. The van der Waals surface area contributed by atoms with Gasteiger partial charge in [-0.2, -0.15) is 0 Å². The van der Waals surface area contributed by atoms with Gasteiger partial charge in [0.05, 0.1) is 24.2 Å². The minimum atomic E-state index is -0.0997. The van der Waals surface area contributed by atoms with Crippen molar-refractivity contribution in [3.8, 4) is 5.75 Å². The number of nitrogens with one attached hydrogen (secondary N) is 2. The summed E-state index contributed by atoms with van der Waals surface area (Å²) in [6.45, 7) is 4.23. The molecule has 1 aliphatic heterocycles. The van der Waals surface area contributed by atoms with E-state index >= 15 is 0 Å². The smallest absolute Gasteiger partial charge is 0.256 e. The van der Waals surface area contributed by atoms with Crippen molar-refractivity contribution in [3.63, 3.8) is 0 Å².